The zero-order valence-electron chi connectivity index (χ0n) is 12.7. The van der Waals surface area contributed by atoms with E-state index in [1.54, 1.807) is 6.07 Å². The zero-order chi connectivity index (χ0) is 15.6. The summed E-state index contributed by atoms with van der Waals surface area (Å²) in [6, 6.07) is 3.18. The maximum atomic E-state index is 12.5. The van der Waals surface area contributed by atoms with Crippen LogP contribution in [-0.4, -0.2) is 22.9 Å². The number of hydrogen-bond donors (Lipinski definition) is 2. The molecule has 2 N–H and O–H groups in total. The van der Waals surface area contributed by atoms with Crippen LogP contribution in [0.3, 0.4) is 0 Å². The molecule has 1 fully saturated rings. The number of nitro groups is 1. The molecule has 114 valence electrons. The summed E-state index contributed by atoms with van der Waals surface area (Å²) < 4.78 is 0. The molecule has 0 bridgehead atoms. The van der Waals surface area contributed by atoms with Gasteiger partial charge in [-0.15, -0.1) is 0 Å². The average Bonchev–Trinajstić information content (AvgIpc) is 2.92. The molecule has 0 saturated carbocycles. The lowest BCUT2D eigenvalue weighted by Gasteiger charge is -2.26. The number of hydrogen-bond acceptors (Lipinski definition) is 4. The first kappa shape index (κ1) is 15.4. The fourth-order valence-corrected chi connectivity index (χ4v) is 2.76. The van der Waals surface area contributed by atoms with E-state index >= 15 is 0 Å². The molecule has 1 aliphatic rings. The van der Waals surface area contributed by atoms with E-state index in [2.05, 4.69) is 10.6 Å². The van der Waals surface area contributed by atoms with Crippen molar-refractivity contribution < 1.29 is 9.72 Å². The second-order valence-corrected chi connectivity index (χ2v) is 5.63. The topological polar surface area (TPSA) is 84.3 Å². The predicted octanol–water partition coefficient (Wildman–Crippen LogP) is 2.68. The SMILES string of the molecule is CCC1(C(=O)Nc2cc(C)c(C)cc2[N+](=O)[O-])CCCN1. The summed E-state index contributed by atoms with van der Waals surface area (Å²) >= 11 is 0. The number of nitrogens with one attached hydrogen (secondary N) is 2. The number of nitrogens with zero attached hydrogens (tertiary/aromatic N) is 1. The van der Waals surface area contributed by atoms with Crippen LogP contribution in [0.2, 0.25) is 0 Å². The Bertz CT molecular complexity index is 578. The summed E-state index contributed by atoms with van der Waals surface area (Å²) in [6.45, 7) is 6.45. The van der Waals surface area contributed by atoms with E-state index < -0.39 is 10.5 Å². The molecule has 1 atom stereocenters. The lowest BCUT2D eigenvalue weighted by Crippen LogP contribution is -2.50. The van der Waals surface area contributed by atoms with E-state index in [0.29, 0.717) is 6.42 Å². The number of rotatable bonds is 4. The van der Waals surface area contributed by atoms with Gasteiger partial charge in [-0.25, -0.2) is 0 Å². The minimum absolute atomic E-state index is 0.0595. The Morgan fingerprint density at radius 1 is 1.43 bits per heavy atom. The molecule has 0 spiro atoms. The van der Waals surface area contributed by atoms with Gasteiger partial charge in [-0.2, -0.15) is 0 Å². The van der Waals surface area contributed by atoms with E-state index in [-0.39, 0.29) is 17.3 Å². The molecule has 6 nitrogen and oxygen atoms in total. The summed E-state index contributed by atoms with van der Waals surface area (Å²) in [5.41, 5.74) is 1.36. The number of nitro benzene ring substituents is 1. The van der Waals surface area contributed by atoms with Gasteiger partial charge in [0.2, 0.25) is 5.91 Å². The van der Waals surface area contributed by atoms with Gasteiger partial charge in [-0.05, 0) is 56.8 Å². The minimum atomic E-state index is -0.605. The third kappa shape index (κ3) is 2.90. The summed E-state index contributed by atoms with van der Waals surface area (Å²) in [4.78, 5) is 23.3. The quantitative estimate of drug-likeness (QED) is 0.660. The number of benzene rings is 1. The summed E-state index contributed by atoms with van der Waals surface area (Å²) in [5, 5.41) is 17.2. The highest BCUT2D eigenvalue weighted by molar-refractivity contribution is 6.00. The number of carbonyl (C=O) groups is 1. The molecular formula is C15H21N3O3. The second kappa shape index (κ2) is 5.81. The Labute approximate surface area is 124 Å². The first-order valence-electron chi connectivity index (χ1n) is 7.22. The first-order chi connectivity index (χ1) is 9.89. The highest BCUT2D eigenvalue weighted by atomic mass is 16.6. The fraction of sp³-hybridized carbons (Fsp3) is 0.533. The van der Waals surface area contributed by atoms with Gasteiger partial charge in [-0.1, -0.05) is 6.92 Å². The lowest BCUT2D eigenvalue weighted by atomic mass is 9.93. The number of amides is 1. The predicted molar refractivity (Wildman–Crippen MR) is 81.5 cm³/mol. The molecule has 0 aliphatic carbocycles. The summed E-state index contributed by atoms with van der Waals surface area (Å²) in [7, 11) is 0. The Kier molecular flexibility index (Phi) is 4.27. The third-order valence-corrected chi connectivity index (χ3v) is 4.34. The fourth-order valence-electron chi connectivity index (χ4n) is 2.76. The van der Waals surface area contributed by atoms with E-state index in [1.807, 2.05) is 20.8 Å². The highest BCUT2D eigenvalue weighted by Gasteiger charge is 2.39. The molecule has 1 saturated heterocycles. The van der Waals surface area contributed by atoms with Crippen LogP contribution >= 0.6 is 0 Å². The maximum Gasteiger partial charge on any atom is 0.293 e. The smallest absolute Gasteiger partial charge is 0.293 e. The molecule has 6 heteroatoms. The van der Waals surface area contributed by atoms with Crippen molar-refractivity contribution in [1.29, 1.82) is 0 Å². The van der Waals surface area contributed by atoms with Crippen LogP contribution in [0, 0.1) is 24.0 Å². The van der Waals surface area contributed by atoms with E-state index in [9.17, 15) is 14.9 Å². The lowest BCUT2D eigenvalue weighted by molar-refractivity contribution is -0.384. The van der Waals surface area contributed by atoms with Crippen LogP contribution in [0.1, 0.15) is 37.3 Å². The average molecular weight is 291 g/mol. The molecule has 1 aliphatic heterocycles. The van der Waals surface area contributed by atoms with Crippen molar-refractivity contribution in [2.24, 2.45) is 0 Å². The van der Waals surface area contributed by atoms with Crippen molar-refractivity contribution in [3.8, 4) is 0 Å². The standard InChI is InChI=1S/C15H21N3O3/c1-4-15(6-5-7-16-15)14(19)17-12-8-10(2)11(3)9-13(12)18(20)21/h8-9,16H,4-7H2,1-3H3,(H,17,19). The molecule has 0 radical (unpaired) electrons. The van der Waals surface area contributed by atoms with E-state index in [4.69, 9.17) is 0 Å². The molecular weight excluding hydrogens is 270 g/mol. The van der Waals surface area contributed by atoms with E-state index in [1.165, 1.54) is 6.07 Å². The first-order valence-corrected chi connectivity index (χ1v) is 7.22. The number of anilines is 1. The molecule has 1 heterocycles. The van der Waals surface area contributed by atoms with Gasteiger partial charge in [0.1, 0.15) is 5.69 Å². The maximum absolute atomic E-state index is 12.5. The Morgan fingerprint density at radius 2 is 2.10 bits per heavy atom. The highest BCUT2D eigenvalue weighted by Crippen LogP contribution is 2.30. The Morgan fingerprint density at radius 3 is 2.62 bits per heavy atom. The van der Waals surface area contributed by atoms with Crippen molar-refractivity contribution in [1.82, 2.24) is 5.32 Å². The van der Waals surface area contributed by atoms with Gasteiger partial charge >= 0.3 is 0 Å². The van der Waals surface area contributed by atoms with Crippen molar-refractivity contribution in [3.05, 3.63) is 33.4 Å². The van der Waals surface area contributed by atoms with Crippen molar-refractivity contribution in [3.63, 3.8) is 0 Å². The molecule has 0 aromatic heterocycles. The van der Waals surface area contributed by atoms with Crippen LogP contribution in [0.25, 0.3) is 0 Å². The largest absolute Gasteiger partial charge is 0.319 e. The van der Waals surface area contributed by atoms with E-state index in [0.717, 1.165) is 30.5 Å². The second-order valence-electron chi connectivity index (χ2n) is 5.63. The summed E-state index contributed by atoms with van der Waals surface area (Å²) in [6.07, 6.45) is 2.36. The molecule has 1 aromatic carbocycles. The molecule has 1 aromatic rings. The Balaban J connectivity index is 2.32. The van der Waals surface area contributed by atoms with Crippen molar-refractivity contribution in [2.75, 3.05) is 11.9 Å². The van der Waals surface area contributed by atoms with Gasteiger partial charge in [0.25, 0.3) is 5.69 Å². The molecule has 1 unspecified atom stereocenters. The minimum Gasteiger partial charge on any atom is -0.319 e. The monoisotopic (exact) mass is 291 g/mol. The zero-order valence-corrected chi connectivity index (χ0v) is 12.7. The molecule has 21 heavy (non-hydrogen) atoms. The van der Waals surface area contributed by atoms with Crippen LogP contribution < -0.4 is 10.6 Å². The molecule has 1 amide bonds. The van der Waals surface area contributed by atoms with Gasteiger partial charge < -0.3 is 10.6 Å². The van der Waals surface area contributed by atoms with Gasteiger partial charge in [-0.3, -0.25) is 14.9 Å². The summed E-state index contributed by atoms with van der Waals surface area (Å²) in [5.74, 6) is -0.186. The van der Waals surface area contributed by atoms with Gasteiger partial charge in [0.05, 0.1) is 10.5 Å². The van der Waals surface area contributed by atoms with Crippen LogP contribution in [0.5, 0.6) is 0 Å². The van der Waals surface area contributed by atoms with Crippen LogP contribution in [0.15, 0.2) is 12.1 Å². The normalized spacial score (nSPS) is 21.3. The van der Waals surface area contributed by atoms with Gasteiger partial charge in [0, 0.05) is 6.07 Å². The third-order valence-electron chi connectivity index (χ3n) is 4.34. The number of carbonyl (C=O) groups excluding carboxylic acids is 1. The van der Waals surface area contributed by atoms with Crippen molar-refractivity contribution in [2.45, 2.75) is 45.6 Å². The van der Waals surface area contributed by atoms with Crippen LogP contribution in [-0.2, 0) is 4.79 Å². The van der Waals surface area contributed by atoms with Crippen LogP contribution in [0.4, 0.5) is 11.4 Å². The Hall–Kier alpha value is -1.95. The van der Waals surface area contributed by atoms with Gasteiger partial charge in [0.15, 0.2) is 0 Å². The van der Waals surface area contributed by atoms with Crippen molar-refractivity contribution >= 4 is 17.3 Å². The number of aryl methyl sites for hydroxylation is 2. The molecule has 2 rings (SSSR count).